The van der Waals surface area contributed by atoms with Crippen LogP contribution in [0.15, 0.2) is 18.2 Å². The summed E-state index contributed by atoms with van der Waals surface area (Å²) in [5.41, 5.74) is 6.99. The van der Waals surface area contributed by atoms with Crippen LogP contribution in [0.5, 0.6) is 5.75 Å². The Morgan fingerprint density at radius 1 is 1.26 bits per heavy atom. The smallest absolute Gasteiger partial charge is 0.357 e. The van der Waals surface area contributed by atoms with Crippen LogP contribution in [-0.4, -0.2) is 23.1 Å². The standard InChI is InChI=1S/C16H19N5OS/c1-22-11-7-8-12-13(9-11)23-16-20-14(17)19-15(21(12)16)18-10-5-3-2-4-6-10/h7-10H,2-6H2,1H3,(H2,17,18,19)/p+1. The first-order chi connectivity index (χ1) is 11.2. The van der Waals surface area contributed by atoms with Crippen molar-refractivity contribution in [2.24, 2.45) is 0 Å². The number of thiazole rings is 1. The van der Waals surface area contributed by atoms with E-state index in [2.05, 4.69) is 19.7 Å². The van der Waals surface area contributed by atoms with Crippen molar-refractivity contribution in [2.45, 2.75) is 38.1 Å². The predicted molar refractivity (Wildman–Crippen MR) is 92.0 cm³/mol. The third kappa shape index (κ3) is 2.65. The maximum atomic E-state index is 5.91. The first-order valence-electron chi connectivity index (χ1n) is 7.97. The number of anilines is 2. The number of fused-ring (bicyclic) bond motifs is 3. The number of nitrogens with two attached hydrogens (primary N) is 1. The molecule has 2 heterocycles. The van der Waals surface area contributed by atoms with Crippen LogP contribution >= 0.6 is 11.3 Å². The predicted octanol–water partition coefficient (Wildman–Crippen LogP) is 2.77. The van der Waals surface area contributed by atoms with E-state index in [-0.39, 0.29) is 0 Å². The van der Waals surface area contributed by atoms with Gasteiger partial charge in [0.1, 0.15) is 11.3 Å². The van der Waals surface area contributed by atoms with E-state index in [1.165, 1.54) is 32.1 Å². The van der Waals surface area contributed by atoms with Crippen LogP contribution in [0.1, 0.15) is 32.1 Å². The summed E-state index contributed by atoms with van der Waals surface area (Å²) in [5, 5.41) is 3.58. The summed E-state index contributed by atoms with van der Waals surface area (Å²) in [7, 11) is 1.68. The van der Waals surface area contributed by atoms with Crippen molar-refractivity contribution in [1.29, 1.82) is 0 Å². The molecule has 0 bridgehead atoms. The second-order valence-corrected chi connectivity index (χ2v) is 6.95. The monoisotopic (exact) mass is 330 g/mol. The average Bonchev–Trinajstić information content (AvgIpc) is 2.92. The van der Waals surface area contributed by atoms with Gasteiger partial charge in [-0.25, -0.2) is 0 Å². The minimum Gasteiger partial charge on any atom is -0.497 e. The number of nitrogens with one attached hydrogen (secondary N) is 1. The summed E-state index contributed by atoms with van der Waals surface area (Å²) in [4.78, 5) is 9.69. The zero-order chi connectivity index (χ0) is 15.8. The molecule has 120 valence electrons. The lowest BCUT2D eigenvalue weighted by Gasteiger charge is -2.20. The van der Waals surface area contributed by atoms with E-state index >= 15 is 0 Å². The largest absolute Gasteiger partial charge is 0.497 e. The number of rotatable bonds is 3. The number of ether oxygens (including phenoxy) is 1. The maximum absolute atomic E-state index is 5.91. The molecule has 0 saturated heterocycles. The number of methoxy groups -OCH3 is 1. The van der Waals surface area contributed by atoms with Crippen LogP contribution in [0.25, 0.3) is 15.2 Å². The Bertz CT molecular complexity index is 856. The van der Waals surface area contributed by atoms with E-state index in [1.54, 1.807) is 18.4 Å². The first kappa shape index (κ1) is 14.4. The van der Waals surface area contributed by atoms with Crippen LogP contribution in [-0.2, 0) is 0 Å². The van der Waals surface area contributed by atoms with Crippen LogP contribution < -0.4 is 20.2 Å². The van der Waals surface area contributed by atoms with Crippen LogP contribution in [0.2, 0.25) is 0 Å². The van der Waals surface area contributed by atoms with Crippen molar-refractivity contribution in [3.63, 3.8) is 0 Å². The molecule has 3 aromatic rings. The average molecular weight is 330 g/mol. The Morgan fingerprint density at radius 2 is 2.09 bits per heavy atom. The molecule has 2 aromatic heterocycles. The fourth-order valence-corrected chi connectivity index (χ4v) is 4.27. The van der Waals surface area contributed by atoms with Crippen LogP contribution in [0.3, 0.4) is 0 Å². The highest BCUT2D eigenvalue weighted by Gasteiger charge is 2.23. The van der Waals surface area contributed by atoms with Gasteiger partial charge >= 0.3 is 16.9 Å². The van der Waals surface area contributed by atoms with Gasteiger partial charge in [-0.3, -0.25) is 5.32 Å². The summed E-state index contributed by atoms with van der Waals surface area (Å²) in [6.07, 6.45) is 6.23. The molecular formula is C16H20N5OS+. The number of aromatic nitrogens is 3. The second-order valence-electron chi connectivity index (χ2n) is 5.94. The molecule has 0 amide bonds. The molecule has 1 fully saturated rings. The Hall–Kier alpha value is -2.15. The SMILES string of the molecule is COc1ccc2c(c1)sc1nc(N)nc(NC3CCCCC3)[n+]12. The van der Waals surface area contributed by atoms with Crippen molar-refractivity contribution < 1.29 is 9.14 Å². The first-order valence-corrected chi connectivity index (χ1v) is 8.78. The quantitative estimate of drug-likeness (QED) is 0.722. The number of nitrogens with zero attached hydrogens (tertiary/aromatic N) is 3. The summed E-state index contributed by atoms with van der Waals surface area (Å²) in [6, 6.07) is 6.49. The van der Waals surface area contributed by atoms with E-state index in [4.69, 9.17) is 10.5 Å². The molecule has 1 saturated carbocycles. The van der Waals surface area contributed by atoms with E-state index in [9.17, 15) is 0 Å². The molecule has 1 aromatic carbocycles. The third-order valence-corrected chi connectivity index (χ3v) is 5.38. The highest BCUT2D eigenvalue weighted by Crippen LogP contribution is 2.27. The summed E-state index contributed by atoms with van der Waals surface area (Å²) < 4.78 is 8.48. The molecule has 0 aliphatic heterocycles. The Kier molecular flexibility index (Phi) is 3.65. The summed E-state index contributed by atoms with van der Waals surface area (Å²) in [5.74, 6) is 1.94. The second kappa shape index (κ2) is 5.81. The molecule has 23 heavy (non-hydrogen) atoms. The van der Waals surface area contributed by atoms with Crippen molar-refractivity contribution in [2.75, 3.05) is 18.2 Å². The van der Waals surface area contributed by atoms with Crippen molar-refractivity contribution >= 4 is 38.4 Å². The van der Waals surface area contributed by atoms with Gasteiger partial charge in [0, 0.05) is 6.07 Å². The summed E-state index contributed by atoms with van der Waals surface area (Å²) >= 11 is 1.59. The molecule has 6 nitrogen and oxygen atoms in total. The van der Waals surface area contributed by atoms with Gasteiger partial charge in [0.15, 0.2) is 0 Å². The van der Waals surface area contributed by atoms with Crippen molar-refractivity contribution in [3.05, 3.63) is 18.2 Å². The summed E-state index contributed by atoms with van der Waals surface area (Å²) in [6.45, 7) is 0. The molecule has 0 atom stereocenters. The van der Waals surface area contributed by atoms with Crippen molar-refractivity contribution in [1.82, 2.24) is 9.97 Å². The Labute approximate surface area is 138 Å². The van der Waals surface area contributed by atoms with Crippen LogP contribution in [0, 0.1) is 0 Å². The maximum Gasteiger partial charge on any atom is 0.357 e. The Balaban J connectivity index is 1.84. The molecule has 0 spiro atoms. The number of benzene rings is 1. The van der Waals surface area contributed by atoms with Gasteiger partial charge in [-0.05, 0) is 25.0 Å². The topological polar surface area (TPSA) is 77.2 Å². The zero-order valence-electron chi connectivity index (χ0n) is 13.1. The van der Waals surface area contributed by atoms with Crippen molar-refractivity contribution in [3.8, 4) is 5.75 Å². The highest BCUT2D eigenvalue weighted by molar-refractivity contribution is 7.22. The molecule has 3 N–H and O–H groups in total. The molecule has 0 radical (unpaired) electrons. The molecule has 4 rings (SSSR count). The van der Waals surface area contributed by atoms with E-state index in [1.807, 2.05) is 18.2 Å². The van der Waals surface area contributed by atoms with E-state index in [0.717, 1.165) is 26.9 Å². The fourth-order valence-electron chi connectivity index (χ4n) is 3.22. The molecule has 1 aliphatic carbocycles. The van der Waals surface area contributed by atoms with Gasteiger partial charge in [-0.1, -0.05) is 40.6 Å². The minimum atomic E-state index is 0.307. The molecular weight excluding hydrogens is 310 g/mol. The van der Waals surface area contributed by atoms with Gasteiger partial charge in [-0.15, -0.1) is 0 Å². The normalized spacial score (nSPS) is 16.0. The van der Waals surface area contributed by atoms with E-state index < -0.39 is 0 Å². The number of nitrogen functional groups attached to an aromatic ring is 1. The highest BCUT2D eigenvalue weighted by atomic mass is 32.1. The van der Waals surface area contributed by atoms with Gasteiger partial charge in [0.25, 0.3) is 0 Å². The molecule has 1 aliphatic rings. The van der Waals surface area contributed by atoms with Gasteiger partial charge < -0.3 is 10.5 Å². The number of hydrogen-bond acceptors (Lipinski definition) is 6. The number of hydrogen-bond donors (Lipinski definition) is 2. The minimum absolute atomic E-state index is 0.307. The van der Waals surface area contributed by atoms with Gasteiger partial charge in [0.05, 0.1) is 17.9 Å². The lowest BCUT2D eigenvalue weighted by Crippen LogP contribution is -2.34. The third-order valence-electron chi connectivity index (χ3n) is 4.38. The fraction of sp³-hybridized carbons (Fsp3) is 0.438. The molecule has 7 heteroatoms. The zero-order valence-corrected chi connectivity index (χ0v) is 13.9. The Morgan fingerprint density at radius 3 is 2.87 bits per heavy atom. The van der Waals surface area contributed by atoms with Gasteiger partial charge in [-0.2, -0.15) is 4.40 Å². The van der Waals surface area contributed by atoms with E-state index in [0.29, 0.717) is 12.0 Å². The van der Waals surface area contributed by atoms with Crippen LogP contribution in [0.4, 0.5) is 11.9 Å². The lowest BCUT2D eigenvalue weighted by atomic mass is 9.96. The van der Waals surface area contributed by atoms with Gasteiger partial charge in [0.2, 0.25) is 0 Å². The molecule has 0 unspecified atom stereocenters. The lowest BCUT2D eigenvalue weighted by molar-refractivity contribution is -0.467.